The molecule has 0 N–H and O–H groups in total. The molecule has 3 nitrogen and oxygen atoms in total. The van der Waals surface area contributed by atoms with Crippen molar-refractivity contribution >= 4 is 17.9 Å². The third kappa shape index (κ3) is 3.32. The van der Waals surface area contributed by atoms with Crippen LogP contribution in [0, 0.1) is 12.7 Å². The van der Waals surface area contributed by atoms with E-state index in [4.69, 9.17) is 11.6 Å². The maximum atomic E-state index is 13.1. The van der Waals surface area contributed by atoms with Crippen LogP contribution in [-0.4, -0.2) is 16.1 Å². The van der Waals surface area contributed by atoms with Gasteiger partial charge in [0, 0.05) is 16.8 Å². The van der Waals surface area contributed by atoms with E-state index in [1.807, 2.05) is 31.2 Å². The molecule has 0 radical (unpaired) electrons. The van der Waals surface area contributed by atoms with Gasteiger partial charge in [-0.25, -0.2) is 4.39 Å². The van der Waals surface area contributed by atoms with Gasteiger partial charge in [-0.3, -0.25) is 9.48 Å². The molecule has 0 bridgehead atoms. The van der Waals surface area contributed by atoms with Gasteiger partial charge in [-0.2, -0.15) is 5.10 Å². The molecule has 0 unspecified atom stereocenters. The molecule has 3 aromatic rings. The fourth-order valence-electron chi connectivity index (χ4n) is 2.36. The standard InChI is InChI=1S/C18H14ClFN2O/c1-12-2-4-13(5-3-12)18-15(11-23)10-22(21-18)9-14-6-7-16(20)8-17(14)19/h2-8,10-11H,9H2,1H3. The summed E-state index contributed by atoms with van der Waals surface area (Å²) in [7, 11) is 0. The number of carbonyl (C=O) groups excluding carboxylic acids is 1. The summed E-state index contributed by atoms with van der Waals surface area (Å²) in [5, 5.41) is 4.81. The highest BCUT2D eigenvalue weighted by atomic mass is 35.5. The number of carbonyl (C=O) groups is 1. The van der Waals surface area contributed by atoms with E-state index in [-0.39, 0.29) is 5.82 Å². The zero-order valence-electron chi connectivity index (χ0n) is 12.5. The summed E-state index contributed by atoms with van der Waals surface area (Å²) >= 11 is 6.04. The summed E-state index contributed by atoms with van der Waals surface area (Å²) in [5.41, 5.74) is 3.88. The number of aromatic nitrogens is 2. The van der Waals surface area contributed by atoms with Crippen LogP contribution in [0.2, 0.25) is 5.02 Å². The van der Waals surface area contributed by atoms with Crippen LogP contribution in [0.1, 0.15) is 21.5 Å². The maximum Gasteiger partial charge on any atom is 0.153 e. The Labute approximate surface area is 138 Å². The molecule has 5 heteroatoms. The van der Waals surface area contributed by atoms with E-state index >= 15 is 0 Å². The fraction of sp³-hybridized carbons (Fsp3) is 0.111. The second-order valence-electron chi connectivity index (χ2n) is 5.35. The zero-order valence-corrected chi connectivity index (χ0v) is 13.2. The number of halogens is 2. The molecule has 0 aliphatic heterocycles. The van der Waals surface area contributed by atoms with Crippen LogP contribution in [0.15, 0.2) is 48.7 Å². The Morgan fingerprint density at radius 2 is 1.96 bits per heavy atom. The molecule has 23 heavy (non-hydrogen) atoms. The van der Waals surface area contributed by atoms with Crippen LogP contribution in [0.4, 0.5) is 4.39 Å². The maximum absolute atomic E-state index is 13.1. The number of rotatable bonds is 4. The second-order valence-corrected chi connectivity index (χ2v) is 5.76. The van der Waals surface area contributed by atoms with Gasteiger partial charge in [0.25, 0.3) is 0 Å². The van der Waals surface area contributed by atoms with Gasteiger partial charge in [0.05, 0.1) is 12.1 Å². The topological polar surface area (TPSA) is 34.9 Å². The van der Waals surface area contributed by atoms with Gasteiger partial charge in [-0.1, -0.05) is 47.5 Å². The molecule has 0 atom stereocenters. The molecule has 0 aliphatic rings. The lowest BCUT2D eigenvalue weighted by Crippen LogP contribution is -2.01. The summed E-state index contributed by atoms with van der Waals surface area (Å²) in [5.74, 6) is -0.381. The smallest absolute Gasteiger partial charge is 0.153 e. The van der Waals surface area contributed by atoms with Crippen molar-refractivity contribution in [2.24, 2.45) is 0 Å². The van der Waals surface area contributed by atoms with E-state index in [0.29, 0.717) is 22.8 Å². The Morgan fingerprint density at radius 1 is 1.22 bits per heavy atom. The van der Waals surface area contributed by atoms with E-state index in [9.17, 15) is 9.18 Å². The Hall–Kier alpha value is -2.46. The molecule has 0 fully saturated rings. The van der Waals surface area contributed by atoms with Crippen molar-refractivity contribution in [1.82, 2.24) is 9.78 Å². The highest BCUT2D eigenvalue weighted by Crippen LogP contribution is 2.23. The van der Waals surface area contributed by atoms with Gasteiger partial charge in [0.1, 0.15) is 11.5 Å². The summed E-state index contributed by atoms with van der Waals surface area (Å²) < 4.78 is 14.7. The van der Waals surface area contributed by atoms with Crippen molar-refractivity contribution in [3.63, 3.8) is 0 Å². The first-order valence-electron chi connectivity index (χ1n) is 7.10. The van der Waals surface area contributed by atoms with Crippen LogP contribution < -0.4 is 0 Å². The molecule has 2 aromatic carbocycles. The second kappa shape index (κ2) is 6.34. The molecule has 0 spiro atoms. The highest BCUT2D eigenvalue weighted by Gasteiger charge is 2.12. The van der Waals surface area contributed by atoms with Gasteiger partial charge in [0.2, 0.25) is 0 Å². The lowest BCUT2D eigenvalue weighted by atomic mass is 10.1. The van der Waals surface area contributed by atoms with Crippen molar-refractivity contribution in [2.75, 3.05) is 0 Å². The van der Waals surface area contributed by atoms with Crippen LogP contribution in [0.5, 0.6) is 0 Å². The van der Waals surface area contributed by atoms with E-state index in [1.165, 1.54) is 12.1 Å². The van der Waals surface area contributed by atoms with E-state index < -0.39 is 0 Å². The van der Waals surface area contributed by atoms with Gasteiger partial charge >= 0.3 is 0 Å². The zero-order chi connectivity index (χ0) is 16.4. The van der Waals surface area contributed by atoms with E-state index in [1.54, 1.807) is 16.9 Å². The average Bonchev–Trinajstić information content (AvgIpc) is 2.94. The monoisotopic (exact) mass is 328 g/mol. The number of aldehydes is 1. The number of hydrogen-bond acceptors (Lipinski definition) is 2. The Bertz CT molecular complexity index is 856. The molecule has 0 saturated heterocycles. The van der Waals surface area contributed by atoms with Crippen LogP contribution in [0.25, 0.3) is 11.3 Å². The number of benzene rings is 2. The predicted molar refractivity (Wildman–Crippen MR) is 88.3 cm³/mol. The molecular weight excluding hydrogens is 315 g/mol. The summed E-state index contributed by atoms with van der Waals surface area (Å²) in [6.45, 7) is 2.37. The molecule has 1 aromatic heterocycles. The van der Waals surface area contributed by atoms with Crippen LogP contribution >= 0.6 is 11.6 Å². The number of nitrogens with zero attached hydrogens (tertiary/aromatic N) is 2. The lowest BCUT2D eigenvalue weighted by Gasteiger charge is -2.04. The van der Waals surface area contributed by atoms with Crippen LogP contribution in [0.3, 0.4) is 0 Å². The SMILES string of the molecule is Cc1ccc(-c2nn(Cc3ccc(F)cc3Cl)cc2C=O)cc1. The Kier molecular flexibility index (Phi) is 4.26. The van der Waals surface area contributed by atoms with Gasteiger partial charge in [-0.15, -0.1) is 0 Å². The van der Waals surface area contributed by atoms with E-state index in [0.717, 1.165) is 23.0 Å². The predicted octanol–water partition coefficient (Wildman–Crippen LogP) is 4.51. The molecular formula is C18H14ClFN2O. The first kappa shape index (κ1) is 15.4. The fourth-order valence-corrected chi connectivity index (χ4v) is 2.59. The summed E-state index contributed by atoms with van der Waals surface area (Å²) in [4.78, 5) is 11.3. The van der Waals surface area contributed by atoms with Gasteiger partial charge in [0.15, 0.2) is 6.29 Å². The van der Waals surface area contributed by atoms with Crippen molar-refractivity contribution < 1.29 is 9.18 Å². The minimum absolute atomic E-state index is 0.338. The molecule has 0 aliphatic carbocycles. The normalized spacial score (nSPS) is 10.7. The number of hydrogen-bond donors (Lipinski definition) is 0. The molecule has 3 rings (SSSR count). The summed E-state index contributed by atoms with van der Waals surface area (Å²) in [6, 6.07) is 12.0. The van der Waals surface area contributed by atoms with Gasteiger partial charge in [-0.05, 0) is 24.6 Å². The minimum atomic E-state index is -0.381. The third-order valence-electron chi connectivity index (χ3n) is 3.59. The third-order valence-corrected chi connectivity index (χ3v) is 3.94. The Morgan fingerprint density at radius 3 is 2.61 bits per heavy atom. The first-order chi connectivity index (χ1) is 11.1. The van der Waals surface area contributed by atoms with Crippen molar-refractivity contribution in [1.29, 1.82) is 0 Å². The minimum Gasteiger partial charge on any atom is -0.298 e. The lowest BCUT2D eigenvalue weighted by molar-refractivity contribution is 0.112. The van der Waals surface area contributed by atoms with Crippen molar-refractivity contribution in [3.8, 4) is 11.3 Å². The van der Waals surface area contributed by atoms with Crippen molar-refractivity contribution in [3.05, 3.63) is 76.2 Å². The van der Waals surface area contributed by atoms with Crippen LogP contribution in [-0.2, 0) is 6.54 Å². The first-order valence-corrected chi connectivity index (χ1v) is 7.48. The number of aryl methyl sites for hydroxylation is 1. The largest absolute Gasteiger partial charge is 0.298 e. The molecule has 1 heterocycles. The quantitative estimate of drug-likeness (QED) is 0.660. The average molecular weight is 329 g/mol. The Balaban J connectivity index is 1.95. The van der Waals surface area contributed by atoms with Crippen molar-refractivity contribution in [2.45, 2.75) is 13.5 Å². The molecule has 0 saturated carbocycles. The molecule has 0 amide bonds. The van der Waals surface area contributed by atoms with Gasteiger partial charge < -0.3 is 0 Å². The summed E-state index contributed by atoms with van der Waals surface area (Å²) in [6.07, 6.45) is 2.45. The molecule has 116 valence electrons. The highest BCUT2D eigenvalue weighted by molar-refractivity contribution is 6.31. The van der Waals surface area contributed by atoms with E-state index in [2.05, 4.69) is 5.10 Å².